The van der Waals surface area contributed by atoms with Crippen LogP contribution in [-0.4, -0.2) is 83.5 Å². The molecular formula is C33H45NO9. The molecule has 5 rings (SSSR count). The third kappa shape index (κ3) is 6.42. The highest BCUT2D eigenvalue weighted by Crippen LogP contribution is 2.55. The second-order valence-electron chi connectivity index (χ2n) is 13.1. The Bertz CT molecular complexity index is 1290. The lowest BCUT2D eigenvalue weighted by molar-refractivity contribution is -0.179. The molecule has 4 aliphatic rings. The third-order valence-electron chi connectivity index (χ3n) is 9.13. The summed E-state index contributed by atoms with van der Waals surface area (Å²) in [5.41, 5.74) is -0.508. The Morgan fingerprint density at radius 3 is 2.58 bits per heavy atom. The highest BCUT2D eigenvalue weighted by atomic mass is 16.7. The predicted octanol–water partition coefficient (Wildman–Crippen LogP) is 3.92. The molecule has 0 bridgehead atoms. The van der Waals surface area contributed by atoms with Gasteiger partial charge in [-0.3, -0.25) is 9.69 Å². The Morgan fingerprint density at radius 2 is 1.88 bits per heavy atom. The second-order valence-corrected chi connectivity index (χ2v) is 13.1. The van der Waals surface area contributed by atoms with Crippen LogP contribution in [-0.2, 0) is 30.2 Å². The van der Waals surface area contributed by atoms with Crippen molar-refractivity contribution in [1.82, 2.24) is 4.90 Å². The highest BCUT2D eigenvalue weighted by Gasteiger charge is 2.59. The number of rotatable bonds is 11. The molecule has 1 aliphatic carbocycles. The highest BCUT2D eigenvalue weighted by molar-refractivity contribution is 5.86. The summed E-state index contributed by atoms with van der Waals surface area (Å²) in [4.78, 5) is 29.3. The van der Waals surface area contributed by atoms with Gasteiger partial charge in [-0.1, -0.05) is 5.57 Å². The van der Waals surface area contributed by atoms with Crippen LogP contribution in [0.4, 0.5) is 0 Å². The number of hydrogen-bond acceptors (Lipinski definition) is 10. The monoisotopic (exact) mass is 599 g/mol. The van der Waals surface area contributed by atoms with E-state index < -0.39 is 41.2 Å². The number of aliphatic hydroxyl groups is 2. The van der Waals surface area contributed by atoms with Crippen LogP contribution in [0.1, 0.15) is 83.3 Å². The quantitative estimate of drug-likeness (QED) is 0.286. The Morgan fingerprint density at radius 1 is 1.14 bits per heavy atom. The van der Waals surface area contributed by atoms with Gasteiger partial charge in [-0.05, 0) is 108 Å². The van der Waals surface area contributed by atoms with Crippen molar-refractivity contribution < 1.29 is 43.5 Å². The lowest BCUT2D eigenvalue weighted by Crippen LogP contribution is -2.49. The lowest BCUT2D eigenvalue weighted by atomic mass is 9.77. The molecule has 1 aromatic carbocycles. The van der Waals surface area contributed by atoms with Crippen molar-refractivity contribution >= 4 is 11.9 Å². The largest absolute Gasteiger partial charge is 0.497 e. The van der Waals surface area contributed by atoms with E-state index >= 15 is 0 Å². The standard InChI is InChI=1S/C33H45NO9/c1-21(2)9-15-40-27(35)19-33(38,12-6-10-31(3,4)37)30(36)43-29-26(39-5)18-32-11-7-13-34(32)14-8-22-16-24-25(42-20-41-24)17-23(22)28(29)32/h9,16-18,28-29,37-38H,6-8,10-15,19-20H2,1-5H3/t28-,29?,32-,33-/m1/s1. The molecule has 1 saturated heterocycles. The van der Waals surface area contributed by atoms with Gasteiger partial charge in [0.2, 0.25) is 6.79 Å². The number of hydrogen-bond donors (Lipinski definition) is 2. The maximum Gasteiger partial charge on any atom is 0.339 e. The van der Waals surface area contributed by atoms with E-state index in [0.717, 1.165) is 49.1 Å². The van der Waals surface area contributed by atoms with Crippen molar-refractivity contribution in [3.63, 3.8) is 0 Å². The zero-order valence-corrected chi connectivity index (χ0v) is 25.9. The molecule has 1 fully saturated rings. The molecule has 2 N–H and O–H groups in total. The molecule has 4 atom stereocenters. The first-order valence-corrected chi connectivity index (χ1v) is 15.2. The van der Waals surface area contributed by atoms with Crippen molar-refractivity contribution in [2.24, 2.45) is 0 Å². The number of carbonyl (C=O) groups excluding carboxylic acids is 2. The molecule has 1 spiro atoms. The van der Waals surface area contributed by atoms with Gasteiger partial charge in [-0.25, -0.2) is 4.79 Å². The van der Waals surface area contributed by atoms with Crippen LogP contribution in [0.15, 0.2) is 35.6 Å². The lowest BCUT2D eigenvalue weighted by Gasteiger charge is -2.39. The van der Waals surface area contributed by atoms with Crippen molar-refractivity contribution in [3.05, 3.63) is 46.7 Å². The zero-order valence-electron chi connectivity index (χ0n) is 25.9. The molecule has 0 amide bonds. The minimum atomic E-state index is -2.15. The van der Waals surface area contributed by atoms with Crippen LogP contribution in [0, 0.1) is 0 Å². The molecule has 3 heterocycles. The Labute approximate surface area is 253 Å². The normalized spacial score (nSPS) is 25.4. The number of fused-ring (bicyclic) bond motifs is 3. The average molecular weight is 600 g/mol. The summed E-state index contributed by atoms with van der Waals surface area (Å²) in [6, 6.07) is 4.02. The Hall–Kier alpha value is -3.08. The molecule has 0 aromatic heterocycles. The Balaban J connectivity index is 1.46. The van der Waals surface area contributed by atoms with E-state index in [2.05, 4.69) is 11.0 Å². The molecule has 0 saturated carbocycles. The van der Waals surface area contributed by atoms with Gasteiger partial charge < -0.3 is 33.9 Å². The van der Waals surface area contributed by atoms with Crippen LogP contribution in [0.25, 0.3) is 0 Å². The molecule has 236 valence electrons. The van der Waals surface area contributed by atoms with E-state index in [1.165, 1.54) is 0 Å². The predicted molar refractivity (Wildman–Crippen MR) is 158 cm³/mol. The summed E-state index contributed by atoms with van der Waals surface area (Å²) in [7, 11) is 1.56. The van der Waals surface area contributed by atoms with E-state index in [4.69, 9.17) is 23.7 Å². The summed E-state index contributed by atoms with van der Waals surface area (Å²) >= 11 is 0. The van der Waals surface area contributed by atoms with Gasteiger partial charge in [0.15, 0.2) is 23.2 Å². The van der Waals surface area contributed by atoms with Crippen LogP contribution < -0.4 is 9.47 Å². The second kappa shape index (κ2) is 12.1. The van der Waals surface area contributed by atoms with E-state index in [-0.39, 0.29) is 25.7 Å². The number of nitrogens with zero attached hydrogens (tertiary/aromatic N) is 1. The fourth-order valence-corrected chi connectivity index (χ4v) is 6.99. The summed E-state index contributed by atoms with van der Waals surface area (Å²) in [5.74, 6) is -0.0665. The van der Waals surface area contributed by atoms with Gasteiger partial charge in [-0.15, -0.1) is 0 Å². The van der Waals surface area contributed by atoms with Crippen molar-refractivity contribution in [1.29, 1.82) is 0 Å². The zero-order chi connectivity index (χ0) is 31.0. The van der Waals surface area contributed by atoms with Crippen molar-refractivity contribution in [2.45, 2.75) is 101 Å². The maximum atomic E-state index is 14.0. The first-order valence-electron chi connectivity index (χ1n) is 15.2. The summed E-state index contributed by atoms with van der Waals surface area (Å²) in [5, 5.41) is 22.0. The molecular weight excluding hydrogens is 554 g/mol. The van der Waals surface area contributed by atoms with Gasteiger partial charge in [0.1, 0.15) is 12.4 Å². The van der Waals surface area contributed by atoms with E-state index in [1.54, 1.807) is 27.0 Å². The molecule has 10 nitrogen and oxygen atoms in total. The topological polar surface area (TPSA) is 124 Å². The van der Waals surface area contributed by atoms with E-state index in [9.17, 15) is 19.8 Å². The molecule has 1 unspecified atom stereocenters. The smallest absolute Gasteiger partial charge is 0.339 e. The molecule has 10 heteroatoms. The van der Waals surface area contributed by atoms with Crippen molar-refractivity contribution in [2.75, 3.05) is 33.6 Å². The maximum absolute atomic E-state index is 14.0. The fourth-order valence-electron chi connectivity index (χ4n) is 6.99. The van der Waals surface area contributed by atoms with Crippen LogP contribution in [0.2, 0.25) is 0 Å². The summed E-state index contributed by atoms with van der Waals surface area (Å²) in [6.45, 7) is 9.03. The van der Waals surface area contributed by atoms with Crippen molar-refractivity contribution in [3.8, 4) is 11.5 Å². The fraction of sp³-hybridized carbons (Fsp3) is 0.636. The summed E-state index contributed by atoms with van der Waals surface area (Å²) in [6.07, 6.45) is 5.63. The molecule has 43 heavy (non-hydrogen) atoms. The minimum absolute atomic E-state index is 0.0441. The van der Waals surface area contributed by atoms with Crippen LogP contribution >= 0.6 is 0 Å². The number of esters is 2. The Kier molecular flexibility index (Phi) is 8.84. The number of benzene rings is 1. The average Bonchev–Trinajstić information content (AvgIpc) is 3.61. The van der Waals surface area contributed by atoms with Crippen LogP contribution in [0.5, 0.6) is 11.5 Å². The minimum Gasteiger partial charge on any atom is -0.497 e. The summed E-state index contributed by atoms with van der Waals surface area (Å²) < 4.78 is 28.8. The van der Waals surface area contributed by atoms with E-state index in [1.807, 2.05) is 26.0 Å². The molecule has 0 radical (unpaired) electrons. The van der Waals surface area contributed by atoms with Gasteiger partial charge in [0, 0.05) is 6.54 Å². The third-order valence-corrected chi connectivity index (χ3v) is 9.13. The van der Waals surface area contributed by atoms with Gasteiger partial charge >= 0.3 is 11.9 Å². The number of allylic oxidation sites excluding steroid dienone is 1. The first-order chi connectivity index (χ1) is 20.3. The van der Waals surface area contributed by atoms with Gasteiger partial charge in [0.25, 0.3) is 0 Å². The number of carbonyl (C=O) groups is 2. The van der Waals surface area contributed by atoms with Crippen LogP contribution in [0.3, 0.4) is 0 Å². The van der Waals surface area contributed by atoms with Gasteiger partial charge in [0.05, 0.1) is 30.6 Å². The number of methoxy groups -OCH3 is 1. The van der Waals surface area contributed by atoms with Gasteiger partial charge in [-0.2, -0.15) is 0 Å². The SMILES string of the molecule is COC1=C[C@@]23CCCN2CCc2cc4c(cc2[C@@H]3C1OC(=O)[C@@](O)(CCCC(C)(C)O)CC(=O)OCC=C(C)C)OCO4. The van der Waals surface area contributed by atoms with E-state index in [0.29, 0.717) is 30.1 Å². The molecule has 3 aliphatic heterocycles. The first kappa shape index (κ1) is 31.3. The number of ether oxygens (including phenoxy) is 5. The molecule has 1 aromatic rings.